The van der Waals surface area contributed by atoms with Gasteiger partial charge < -0.3 is 15.4 Å². The molecule has 0 spiro atoms. The van der Waals surface area contributed by atoms with Gasteiger partial charge in [0.15, 0.2) is 11.6 Å². The van der Waals surface area contributed by atoms with Crippen molar-refractivity contribution in [3.05, 3.63) is 71.2 Å². The van der Waals surface area contributed by atoms with E-state index >= 15 is 4.39 Å². The van der Waals surface area contributed by atoms with Crippen molar-refractivity contribution in [2.75, 3.05) is 13.1 Å². The molecule has 1 aliphatic heterocycles. The predicted octanol–water partition coefficient (Wildman–Crippen LogP) is 3.13. The summed E-state index contributed by atoms with van der Waals surface area (Å²) < 4.78 is 21.0. The number of carbonyl (C=O) groups is 2. The fraction of sp³-hybridized carbons (Fsp3) is 0.393. The van der Waals surface area contributed by atoms with Crippen molar-refractivity contribution >= 4 is 22.7 Å². The van der Waals surface area contributed by atoms with Gasteiger partial charge in [-0.05, 0) is 55.5 Å². The van der Waals surface area contributed by atoms with Gasteiger partial charge in [-0.15, -0.1) is 0 Å². The molecule has 3 aromatic rings. The number of hydrogen-bond donors (Lipinski definition) is 3. The molecule has 2 aliphatic rings. The Morgan fingerprint density at radius 2 is 2.08 bits per heavy atom. The Morgan fingerprint density at radius 3 is 2.78 bits per heavy atom. The molecule has 2 heterocycles. The quantitative estimate of drug-likeness (QED) is 0.319. The first kappa shape index (κ1) is 25.1. The molecule has 37 heavy (non-hydrogen) atoms. The Kier molecular flexibility index (Phi) is 6.83. The van der Waals surface area contributed by atoms with Gasteiger partial charge in [-0.1, -0.05) is 31.2 Å². The third-order valence-corrected chi connectivity index (χ3v) is 7.56. The normalized spacial score (nSPS) is 22.8. The second-order valence-electron chi connectivity index (χ2n) is 10.1. The van der Waals surface area contributed by atoms with E-state index in [2.05, 4.69) is 4.98 Å². The van der Waals surface area contributed by atoms with E-state index in [0.717, 1.165) is 28.6 Å². The minimum atomic E-state index is -1.02. The van der Waals surface area contributed by atoms with Gasteiger partial charge in [-0.2, -0.15) is 0 Å². The number of amides is 2. The highest BCUT2D eigenvalue weighted by Crippen LogP contribution is 2.56. The molecule has 4 N–H and O–H groups in total. The Bertz CT molecular complexity index is 1350. The van der Waals surface area contributed by atoms with Crippen LogP contribution in [0, 0.1) is 17.2 Å². The maximum absolute atomic E-state index is 15.1. The first-order valence-electron chi connectivity index (χ1n) is 12.6. The van der Waals surface area contributed by atoms with E-state index < -0.39 is 23.1 Å². The number of nitrogens with one attached hydrogen (secondary N) is 1. The van der Waals surface area contributed by atoms with Crippen LogP contribution < -0.4 is 16.0 Å². The minimum Gasteiger partial charge on any atom is -0.486 e. The number of hydrogen-bond acceptors (Lipinski definition) is 6. The molecule has 1 aliphatic carbocycles. The van der Waals surface area contributed by atoms with Gasteiger partial charge in [0.2, 0.25) is 11.8 Å². The van der Waals surface area contributed by atoms with Gasteiger partial charge in [-0.3, -0.25) is 19.8 Å². The maximum atomic E-state index is 15.1. The lowest BCUT2D eigenvalue weighted by atomic mass is 9.91. The van der Waals surface area contributed by atoms with Crippen molar-refractivity contribution in [1.82, 2.24) is 15.4 Å². The van der Waals surface area contributed by atoms with Crippen LogP contribution in [0.2, 0.25) is 0 Å². The Labute approximate surface area is 214 Å². The van der Waals surface area contributed by atoms with Gasteiger partial charge in [-0.25, -0.2) is 9.87 Å². The van der Waals surface area contributed by atoms with Crippen LogP contribution in [0.4, 0.5) is 4.39 Å². The van der Waals surface area contributed by atoms with Gasteiger partial charge in [0, 0.05) is 35.8 Å². The Balaban J connectivity index is 1.33. The summed E-state index contributed by atoms with van der Waals surface area (Å²) in [4.78, 5) is 31.9. The summed E-state index contributed by atoms with van der Waals surface area (Å²) in [6, 6.07) is 14.3. The fourth-order valence-electron chi connectivity index (χ4n) is 5.42. The summed E-state index contributed by atoms with van der Waals surface area (Å²) >= 11 is 0. The number of para-hydroxylation sites is 1. The third-order valence-electron chi connectivity index (χ3n) is 7.56. The van der Waals surface area contributed by atoms with Gasteiger partial charge in [0.05, 0.1) is 16.8 Å². The highest BCUT2D eigenvalue weighted by Gasteiger charge is 2.64. The number of hydroxylamine groups is 1. The number of carbonyl (C=O) groups excluding carboxylic acids is 2. The molecule has 8 nitrogen and oxygen atoms in total. The van der Waals surface area contributed by atoms with Crippen LogP contribution in [0.5, 0.6) is 5.75 Å². The largest absolute Gasteiger partial charge is 0.486 e. The van der Waals surface area contributed by atoms with Crippen LogP contribution in [-0.4, -0.2) is 46.0 Å². The zero-order chi connectivity index (χ0) is 26.2. The van der Waals surface area contributed by atoms with Crippen molar-refractivity contribution in [3.8, 4) is 5.75 Å². The molecule has 194 valence electrons. The van der Waals surface area contributed by atoms with Crippen LogP contribution in [0.25, 0.3) is 10.9 Å². The number of fused-ring (bicyclic) bond motifs is 1. The third kappa shape index (κ3) is 4.89. The van der Waals surface area contributed by atoms with Crippen LogP contribution in [-0.2, 0) is 29.0 Å². The van der Waals surface area contributed by atoms with Crippen LogP contribution >= 0.6 is 0 Å². The average molecular weight is 507 g/mol. The summed E-state index contributed by atoms with van der Waals surface area (Å²) in [5.74, 6) is -1.89. The second-order valence-corrected chi connectivity index (χ2v) is 10.1. The van der Waals surface area contributed by atoms with Gasteiger partial charge in [0.1, 0.15) is 6.61 Å². The topological polar surface area (TPSA) is 118 Å². The molecule has 3 atom stereocenters. The molecule has 0 radical (unpaired) electrons. The summed E-state index contributed by atoms with van der Waals surface area (Å²) in [7, 11) is 0. The van der Waals surface area contributed by atoms with Crippen LogP contribution in [0.15, 0.2) is 48.5 Å². The SMILES string of the molecule is CCc1cc(COc2ccc(CC3(C(=O)N4CCC(N)C4)CC3C(=O)NO)cc2F)c2ccccc2n1. The highest BCUT2D eigenvalue weighted by atomic mass is 19.1. The molecule has 2 fully saturated rings. The number of aryl methyl sites for hydroxylation is 1. The van der Waals surface area contributed by atoms with Crippen molar-refractivity contribution in [2.24, 2.45) is 17.1 Å². The zero-order valence-corrected chi connectivity index (χ0v) is 20.7. The number of benzene rings is 2. The molecule has 0 bridgehead atoms. The molecule has 2 aromatic carbocycles. The molecule has 1 saturated carbocycles. The Morgan fingerprint density at radius 1 is 1.27 bits per heavy atom. The minimum absolute atomic E-state index is 0.0929. The van der Waals surface area contributed by atoms with Crippen LogP contribution in [0.1, 0.15) is 36.6 Å². The Hall–Kier alpha value is -3.56. The van der Waals surface area contributed by atoms with E-state index in [-0.39, 0.29) is 30.7 Å². The maximum Gasteiger partial charge on any atom is 0.247 e. The standard InChI is InChI=1S/C28H31FN4O4/c1-2-20-12-18(21-5-3-4-6-24(21)31-20)16-37-25-8-7-17(11-23(25)29)13-28(14-22(28)26(34)32-36)27(35)33-10-9-19(30)15-33/h3-8,11-12,19,22,36H,2,9-10,13-16,30H2,1H3,(H,32,34). The fourth-order valence-corrected chi connectivity index (χ4v) is 5.42. The van der Waals surface area contributed by atoms with E-state index in [1.165, 1.54) is 6.07 Å². The first-order valence-corrected chi connectivity index (χ1v) is 12.6. The van der Waals surface area contributed by atoms with E-state index in [0.29, 0.717) is 31.5 Å². The second kappa shape index (κ2) is 10.1. The highest BCUT2D eigenvalue weighted by molar-refractivity contribution is 5.96. The first-order chi connectivity index (χ1) is 17.8. The molecule has 1 aromatic heterocycles. The van der Waals surface area contributed by atoms with E-state index in [1.807, 2.05) is 37.3 Å². The lowest BCUT2D eigenvalue weighted by Gasteiger charge is -2.24. The number of rotatable bonds is 8. The lowest BCUT2D eigenvalue weighted by Crippen LogP contribution is -2.40. The number of ether oxygens (including phenoxy) is 1. The molecule has 2 amide bonds. The van der Waals surface area contributed by atoms with Crippen molar-refractivity contribution in [2.45, 2.75) is 45.3 Å². The molecular formula is C28H31FN4O4. The summed E-state index contributed by atoms with van der Waals surface area (Å²) in [5.41, 5.74) is 9.94. The molecule has 5 rings (SSSR count). The number of likely N-dealkylation sites (tertiary alicyclic amines) is 1. The average Bonchev–Trinajstić information content (AvgIpc) is 3.47. The smallest absolute Gasteiger partial charge is 0.247 e. The lowest BCUT2D eigenvalue weighted by molar-refractivity contribution is -0.140. The monoisotopic (exact) mass is 506 g/mol. The number of nitrogens with two attached hydrogens (primary N) is 1. The molecular weight excluding hydrogens is 475 g/mol. The van der Waals surface area contributed by atoms with Gasteiger partial charge in [0.25, 0.3) is 0 Å². The van der Waals surface area contributed by atoms with Crippen molar-refractivity contribution in [1.29, 1.82) is 0 Å². The number of aromatic nitrogens is 1. The van der Waals surface area contributed by atoms with E-state index in [9.17, 15) is 9.59 Å². The van der Waals surface area contributed by atoms with Crippen molar-refractivity contribution in [3.63, 3.8) is 0 Å². The van der Waals surface area contributed by atoms with Crippen molar-refractivity contribution < 1.29 is 23.9 Å². The molecule has 9 heteroatoms. The predicted molar refractivity (Wildman–Crippen MR) is 135 cm³/mol. The van der Waals surface area contributed by atoms with E-state index in [1.54, 1.807) is 22.5 Å². The zero-order valence-electron chi connectivity index (χ0n) is 20.7. The number of pyridine rings is 1. The molecule has 3 unspecified atom stereocenters. The number of halogens is 1. The molecule has 1 saturated heterocycles. The van der Waals surface area contributed by atoms with E-state index in [4.69, 9.17) is 15.7 Å². The van der Waals surface area contributed by atoms with Gasteiger partial charge >= 0.3 is 0 Å². The number of nitrogens with zero attached hydrogens (tertiary/aromatic N) is 2. The summed E-state index contributed by atoms with van der Waals surface area (Å²) in [6.45, 7) is 3.17. The summed E-state index contributed by atoms with van der Waals surface area (Å²) in [5, 5.41) is 10.1. The van der Waals surface area contributed by atoms with Crippen LogP contribution in [0.3, 0.4) is 0 Å². The summed E-state index contributed by atoms with van der Waals surface area (Å²) in [6.07, 6.45) is 1.95.